The SMILES string of the molecule is CNC(C)(CO)CCCCN1CCN2CCCCC2C1. The topological polar surface area (TPSA) is 38.7 Å². The maximum Gasteiger partial charge on any atom is 0.0610 e. The molecule has 20 heavy (non-hydrogen) atoms. The molecule has 0 amide bonds. The zero-order chi connectivity index (χ0) is 14.4. The lowest BCUT2D eigenvalue weighted by Gasteiger charge is -2.44. The van der Waals surface area contributed by atoms with Gasteiger partial charge in [0.1, 0.15) is 0 Å². The van der Waals surface area contributed by atoms with Gasteiger partial charge in [-0.1, -0.05) is 12.8 Å². The molecule has 2 unspecified atom stereocenters. The van der Waals surface area contributed by atoms with Crippen molar-refractivity contribution in [3.05, 3.63) is 0 Å². The third-order valence-electron chi connectivity index (χ3n) is 5.33. The summed E-state index contributed by atoms with van der Waals surface area (Å²) in [5.74, 6) is 0. The molecule has 0 aromatic carbocycles. The predicted molar refractivity (Wildman–Crippen MR) is 84.1 cm³/mol. The van der Waals surface area contributed by atoms with E-state index >= 15 is 0 Å². The Kier molecular flexibility index (Phi) is 6.27. The molecular weight excluding hydrogens is 250 g/mol. The number of unbranched alkanes of at least 4 members (excludes halogenated alkanes) is 1. The highest BCUT2D eigenvalue weighted by Crippen LogP contribution is 2.21. The van der Waals surface area contributed by atoms with Gasteiger partial charge >= 0.3 is 0 Å². The fraction of sp³-hybridized carbons (Fsp3) is 1.00. The zero-order valence-corrected chi connectivity index (χ0v) is 13.4. The molecule has 2 fully saturated rings. The number of fused-ring (bicyclic) bond motifs is 1. The number of likely N-dealkylation sites (N-methyl/N-ethyl adjacent to an activating group) is 1. The van der Waals surface area contributed by atoms with Gasteiger partial charge in [-0.05, 0) is 52.7 Å². The molecule has 0 bridgehead atoms. The average molecular weight is 283 g/mol. The van der Waals surface area contributed by atoms with Crippen molar-refractivity contribution in [3.8, 4) is 0 Å². The van der Waals surface area contributed by atoms with E-state index < -0.39 is 0 Å². The summed E-state index contributed by atoms with van der Waals surface area (Å²) < 4.78 is 0. The number of piperidine rings is 1. The van der Waals surface area contributed by atoms with Crippen LogP contribution in [0.5, 0.6) is 0 Å². The fourth-order valence-corrected chi connectivity index (χ4v) is 3.56. The van der Waals surface area contributed by atoms with Crippen molar-refractivity contribution in [2.45, 2.75) is 57.0 Å². The van der Waals surface area contributed by atoms with Gasteiger partial charge in [0.15, 0.2) is 0 Å². The number of aliphatic hydroxyl groups is 1. The molecular formula is C16H33N3O. The van der Waals surface area contributed by atoms with Gasteiger partial charge in [-0.15, -0.1) is 0 Å². The van der Waals surface area contributed by atoms with Crippen LogP contribution in [0, 0.1) is 0 Å². The monoisotopic (exact) mass is 283 g/mol. The van der Waals surface area contributed by atoms with E-state index in [1.165, 1.54) is 64.8 Å². The largest absolute Gasteiger partial charge is 0.394 e. The van der Waals surface area contributed by atoms with Crippen LogP contribution < -0.4 is 5.32 Å². The molecule has 0 radical (unpaired) electrons. The molecule has 4 heteroatoms. The van der Waals surface area contributed by atoms with Crippen LogP contribution in [0.4, 0.5) is 0 Å². The van der Waals surface area contributed by atoms with E-state index in [0.29, 0.717) is 0 Å². The summed E-state index contributed by atoms with van der Waals surface area (Å²) >= 11 is 0. The van der Waals surface area contributed by atoms with Crippen molar-refractivity contribution in [2.24, 2.45) is 0 Å². The minimum atomic E-state index is -0.0952. The number of rotatable bonds is 7. The van der Waals surface area contributed by atoms with E-state index in [-0.39, 0.29) is 12.1 Å². The number of piperazine rings is 1. The van der Waals surface area contributed by atoms with Crippen LogP contribution >= 0.6 is 0 Å². The van der Waals surface area contributed by atoms with E-state index in [0.717, 1.165) is 12.5 Å². The highest BCUT2D eigenvalue weighted by atomic mass is 16.3. The number of nitrogens with one attached hydrogen (secondary N) is 1. The normalized spacial score (nSPS) is 28.1. The fourth-order valence-electron chi connectivity index (χ4n) is 3.56. The lowest BCUT2D eigenvalue weighted by molar-refractivity contribution is 0.0481. The summed E-state index contributed by atoms with van der Waals surface area (Å²) in [6.07, 6.45) is 7.74. The number of hydrogen-bond acceptors (Lipinski definition) is 4. The number of aliphatic hydroxyl groups excluding tert-OH is 1. The molecule has 2 heterocycles. The molecule has 4 nitrogen and oxygen atoms in total. The summed E-state index contributed by atoms with van der Waals surface area (Å²) in [6, 6.07) is 0.831. The molecule has 0 saturated carbocycles. The Labute approximate surface area is 124 Å². The Morgan fingerprint density at radius 2 is 2.05 bits per heavy atom. The summed E-state index contributed by atoms with van der Waals surface area (Å²) in [5.41, 5.74) is -0.0952. The van der Waals surface area contributed by atoms with Crippen LogP contribution in [0.15, 0.2) is 0 Å². The molecule has 118 valence electrons. The van der Waals surface area contributed by atoms with Crippen molar-refractivity contribution in [2.75, 3.05) is 46.4 Å². The van der Waals surface area contributed by atoms with Gasteiger partial charge in [0.2, 0.25) is 0 Å². The van der Waals surface area contributed by atoms with Crippen molar-refractivity contribution >= 4 is 0 Å². The van der Waals surface area contributed by atoms with Crippen LogP contribution in [0.1, 0.15) is 45.4 Å². The van der Waals surface area contributed by atoms with E-state index in [2.05, 4.69) is 22.0 Å². The minimum Gasteiger partial charge on any atom is -0.394 e. The second-order valence-corrected chi connectivity index (χ2v) is 6.91. The molecule has 2 aliphatic rings. The van der Waals surface area contributed by atoms with E-state index in [1.807, 2.05) is 7.05 Å². The van der Waals surface area contributed by atoms with Gasteiger partial charge in [0.05, 0.1) is 6.61 Å². The maximum absolute atomic E-state index is 9.38. The second kappa shape index (κ2) is 7.74. The molecule has 0 aromatic rings. The zero-order valence-electron chi connectivity index (χ0n) is 13.4. The first-order valence-electron chi connectivity index (χ1n) is 8.43. The first-order chi connectivity index (χ1) is 9.67. The van der Waals surface area contributed by atoms with E-state index in [4.69, 9.17) is 0 Å². The van der Waals surface area contributed by atoms with Crippen LogP contribution in [0.3, 0.4) is 0 Å². The van der Waals surface area contributed by atoms with E-state index in [9.17, 15) is 5.11 Å². The molecule has 0 spiro atoms. The molecule has 2 rings (SSSR count). The third-order valence-corrected chi connectivity index (χ3v) is 5.33. The number of nitrogens with zero attached hydrogens (tertiary/aromatic N) is 2. The Balaban J connectivity index is 1.62. The highest BCUT2D eigenvalue weighted by Gasteiger charge is 2.28. The van der Waals surface area contributed by atoms with Crippen molar-refractivity contribution < 1.29 is 5.11 Å². The Bertz CT molecular complexity index is 281. The van der Waals surface area contributed by atoms with Crippen LogP contribution in [0.2, 0.25) is 0 Å². The van der Waals surface area contributed by atoms with Crippen LogP contribution in [-0.4, -0.2) is 72.9 Å². The van der Waals surface area contributed by atoms with Gasteiger partial charge in [0, 0.05) is 31.2 Å². The minimum absolute atomic E-state index is 0.0952. The van der Waals surface area contributed by atoms with Crippen LogP contribution in [0.25, 0.3) is 0 Å². The first kappa shape index (κ1) is 16.2. The summed E-state index contributed by atoms with van der Waals surface area (Å²) in [6.45, 7) is 8.70. The smallest absolute Gasteiger partial charge is 0.0610 e. The van der Waals surface area contributed by atoms with Crippen molar-refractivity contribution in [3.63, 3.8) is 0 Å². The van der Waals surface area contributed by atoms with Gasteiger partial charge in [-0.2, -0.15) is 0 Å². The number of hydrogen-bond donors (Lipinski definition) is 2. The predicted octanol–water partition coefficient (Wildman–Crippen LogP) is 1.30. The van der Waals surface area contributed by atoms with Gasteiger partial charge in [-0.3, -0.25) is 4.90 Å². The third kappa shape index (κ3) is 4.42. The Morgan fingerprint density at radius 3 is 2.80 bits per heavy atom. The summed E-state index contributed by atoms with van der Waals surface area (Å²) in [4.78, 5) is 5.35. The molecule has 2 saturated heterocycles. The maximum atomic E-state index is 9.38. The molecule has 2 N–H and O–H groups in total. The Hall–Kier alpha value is -0.160. The van der Waals surface area contributed by atoms with Crippen molar-refractivity contribution in [1.82, 2.24) is 15.1 Å². The molecule has 2 atom stereocenters. The lowest BCUT2D eigenvalue weighted by atomic mass is 9.95. The second-order valence-electron chi connectivity index (χ2n) is 6.91. The molecule has 0 aromatic heterocycles. The van der Waals surface area contributed by atoms with Gasteiger partial charge in [-0.25, -0.2) is 0 Å². The standard InChI is InChI=1S/C16H33N3O/c1-16(14-20,17-2)8-4-6-9-18-11-12-19-10-5-3-7-15(19)13-18/h15,17,20H,3-14H2,1-2H3. The highest BCUT2D eigenvalue weighted by molar-refractivity contribution is 4.85. The van der Waals surface area contributed by atoms with Gasteiger partial charge in [0.25, 0.3) is 0 Å². The average Bonchev–Trinajstić information content (AvgIpc) is 2.51. The lowest BCUT2D eigenvalue weighted by Crippen LogP contribution is -2.54. The van der Waals surface area contributed by atoms with Crippen molar-refractivity contribution in [1.29, 1.82) is 0 Å². The first-order valence-corrected chi connectivity index (χ1v) is 8.43. The molecule has 2 aliphatic heterocycles. The summed E-state index contributed by atoms with van der Waals surface area (Å²) in [5, 5.41) is 12.6. The van der Waals surface area contributed by atoms with Gasteiger partial charge < -0.3 is 15.3 Å². The molecule has 0 aliphatic carbocycles. The van der Waals surface area contributed by atoms with Crippen LogP contribution in [-0.2, 0) is 0 Å². The Morgan fingerprint density at radius 1 is 1.20 bits per heavy atom. The quantitative estimate of drug-likeness (QED) is 0.691. The van der Waals surface area contributed by atoms with E-state index in [1.54, 1.807) is 0 Å². The summed E-state index contributed by atoms with van der Waals surface area (Å²) in [7, 11) is 1.94.